The molecule has 35 heavy (non-hydrogen) atoms. The Hall–Kier alpha value is -4.49. The molecule has 174 valence electrons. The molecule has 0 spiro atoms. The molecule has 0 aliphatic carbocycles. The Morgan fingerprint density at radius 2 is 1.77 bits per heavy atom. The van der Waals surface area contributed by atoms with E-state index in [1.54, 1.807) is 24.5 Å². The van der Waals surface area contributed by atoms with Crippen molar-refractivity contribution in [1.82, 2.24) is 15.3 Å². The molecule has 0 fully saturated rings. The number of anilines is 1. The van der Waals surface area contributed by atoms with Crippen molar-refractivity contribution in [2.24, 2.45) is 0 Å². The van der Waals surface area contributed by atoms with Crippen LogP contribution in [-0.2, 0) is 9.63 Å². The number of hydrogen-bond donors (Lipinski definition) is 2. The second-order valence-electron chi connectivity index (χ2n) is 7.82. The summed E-state index contributed by atoms with van der Waals surface area (Å²) in [7, 11) is 0. The maximum atomic E-state index is 13.7. The molecule has 0 unspecified atom stereocenters. The first kappa shape index (κ1) is 22.3. The van der Waals surface area contributed by atoms with Gasteiger partial charge in [-0.2, -0.15) is 5.06 Å². The molecule has 0 atom stereocenters. The van der Waals surface area contributed by atoms with Crippen LogP contribution in [0, 0.1) is 5.82 Å². The number of nitrogens with zero attached hydrogens (tertiary/aromatic N) is 2. The quantitative estimate of drug-likeness (QED) is 0.260. The third kappa shape index (κ3) is 4.25. The van der Waals surface area contributed by atoms with Crippen molar-refractivity contribution in [3.8, 4) is 22.4 Å². The fourth-order valence-corrected chi connectivity index (χ4v) is 4.27. The van der Waals surface area contributed by atoms with Gasteiger partial charge in [0.15, 0.2) is 0 Å². The SMILES string of the molecule is CCON(C=O)c1ccc2c(-c3ccncc3)c(-c3ccc(F)cc3)[nH]c2c1C1=CC=CC=CN1. The number of hydroxylamine groups is 1. The first-order chi connectivity index (χ1) is 17.2. The fourth-order valence-electron chi connectivity index (χ4n) is 4.27. The van der Waals surface area contributed by atoms with Crippen molar-refractivity contribution < 1.29 is 14.0 Å². The predicted octanol–water partition coefficient (Wildman–Crippen LogP) is 5.96. The maximum absolute atomic E-state index is 13.7. The summed E-state index contributed by atoms with van der Waals surface area (Å²) in [6, 6.07) is 14.1. The molecule has 7 heteroatoms. The number of pyridine rings is 1. The summed E-state index contributed by atoms with van der Waals surface area (Å²) in [6.07, 6.45) is 13.7. The number of hydrogen-bond acceptors (Lipinski definition) is 4. The minimum absolute atomic E-state index is 0.303. The molecule has 0 saturated heterocycles. The average Bonchev–Trinajstić information content (AvgIpc) is 3.07. The molecule has 3 heterocycles. The van der Waals surface area contributed by atoms with Crippen LogP contribution in [0.3, 0.4) is 0 Å². The van der Waals surface area contributed by atoms with E-state index >= 15 is 0 Å². The summed E-state index contributed by atoms with van der Waals surface area (Å²) in [5.74, 6) is -0.303. The van der Waals surface area contributed by atoms with Crippen LogP contribution in [0.25, 0.3) is 39.0 Å². The molecular formula is C28H23FN4O2. The molecule has 2 aromatic carbocycles. The van der Waals surface area contributed by atoms with Gasteiger partial charge in [0.05, 0.1) is 23.5 Å². The first-order valence-electron chi connectivity index (χ1n) is 11.2. The van der Waals surface area contributed by atoms with Gasteiger partial charge in [-0.05, 0) is 78.7 Å². The van der Waals surface area contributed by atoms with Crippen molar-refractivity contribution in [1.29, 1.82) is 0 Å². The lowest BCUT2D eigenvalue weighted by molar-refractivity contribution is -0.113. The molecule has 4 aromatic rings. The number of carbonyl (C=O) groups is 1. The second kappa shape index (κ2) is 9.79. The minimum atomic E-state index is -0.303. The van der Waals surface area contributed by atoms with Crippen molar-refractivity contribution in [3.05, 3.63) is 103 Å². The highest BCUT2D eigenvalue weighted by atomic mass is 19.1. The van der Waals surface area contributed by atoms with Crippen LogP contribution in [0.1, 0.15) is 12.5 Å². The van der Waals surface area contributed by atoms with Gasteiger partial charge in [-0.25, -0.2) is 4.39 Å². The van der Waals surface area contributed by atoms with Gasteiger partial charge in [0.25, 0.3) is 0 Å². The summed E-state index contributed by atoms with van der Waals surface area (Å²) in [6.45, 7) is 2.16. The highest BCUT2D eigenvalue weighted by molar-refractivity contribution is 6.10. The van der Waals surface area contributed by atoms with Crippen molar-refractivity contribution in [3.63, 3.8) is 0 Å². The summed E-state index contributed by atoms with van der Waals surface area (Å²) in [5, 5.41) is 5.49. The molecule has 1 amide bonds. The molecule has 5 rings (SSSR count). The van der Waals surface area contributed by atoms with Crippen LogP contribution >= 0.6 is 0 Å². The van der Waals surface area contributed by atoms with E-state index in [-0.39, 0.29) is 5.82 Å². The first-order valence-corrected chi connectivity index (χ1v) is 11.2. The lowest BCUT2D eigenvalue weighted by atomic mass is 9.97. The largest absolute Gasteiger partial charge is 0.361 e. The summed E-state index contributed by atoms with van der Waals surface area (Å²) >= 11 is 0. The summed E-state index contributed by atoms with van der Waals surface area (Å²) in [5.41, 5.74) is 6.53. The van der Waals surface area contributed by atoms with Gasteiger partial charge < -0.3 is 10.3 Å². The van der Waals surface area contributed by atoms with Crippen molar-refractivity contribution >= 4 is 28.7 Å². The predicted molar refractivity (Wildman–Crippen MR) is 136 cm³/mol. The standard InChI is InChI=1S/C28H23FN4O2/c1-2-35-33(18-34)24-12-11-22-25(19-13-16-30-17-14-19)27(20-7-9-21(29)10-8-20)32-28(22)26(24)23-6-4-3-5-15-31-23/h3-18,31-32H,2H2,1H3. The van der Waals surface area contributed by atoms with Crippen molar-refractivity contribution in [2.75, 3.05) is 11.7 Å². The number of allylic oxidation sites excluding steroid dienone is 4. The van der Waals surface area contributed by atoms with Crippen LogP contribution < -0.4 is 10.4 Å². The monoisotopic (exact) mass is 466 g/mol. The number of halogens is 1. The van der Waals surface area contributed by atoms with Crippen molar-refractivity contribution in [2.45, 2.75) is 6.92 Å². The Morgan fingerprint density at radius 3 is 2.51 bits per heavy atom. The smallest absolute Gasteiger partial charge is 0.238 e. The Morgan fingerprint density at radius 1 is 0.971 bits per heavy atom. The molecule has 2 aromatic heterocycles. The summed E-state index contributed by atoms with van der Waals surface area (Å²) < 4.78 is 13.7. The van der Waals surface area contributed by atoms with E-state index in [0.717, 1.165) is 44.5 Å². The van der Waals surface area contributed by atoms with E-state index in [1.165, 1.54) is 17.2 Å². The van der Waals surface area contributed by atoms with E-state index in [4.69, 9.17) is 4.84 Å². The van der Waals surface area contributed by atoms with Gasteiger partial charge in [0.1, 0.15) is 5.82 Å². The van der Waals surface area contributed by atoms with E-state index < -0.39 is 0 Å². The van der Waals surface area contributed by atoms with E-state index in [0.29, 0.717) is 18.7 Å². The van der Waals surface area contributed by atoms with Crippen LogP contribution in [0.15, 0.2) is 91.4 Å². The average molecular weight is 467 g/mol. The normalized spacial score (nSPS) is 12.8. The lowest BCUT2D eigenvalue weighted by Crippen LogP contribution is -2.23. The van der Waals surface area contributed by atoms with Gasteiger partial charge in [0, 0.05) is 40.8 Å². The fraction of sp³-hybridized carbons (Fsp3) is 0.0714. The number of fused-ring (bicyclic) bond motifs is 1. The lowest BCUT2D eigenvalue weighted by Gasteiger charge is -2.21. The minimum Gasteiger partial charge on any atom is -0.361 e. The second-order valence-corrected chi connectivity index (χ2v) is 7.82. The number of aromatic amines is 1. The molecule has 1 aliphatic heterocycles. The number of nitrogens with one attached hydrogen (secondary N) is 2. The van der Waals surface area contributed by atoms with Gasteiger partial charge in [0.2, 0.25) is 6.41 Å². The Labute approximate surface area is 202 Å². The van der Waals surface area contributed by atoms with Crippen LogP contribution in [0.2, 0.25) is 0 Å². The number of benzene rings is 2. The number of carbonyl (C=O) groups excluding carboxylic acids is 1. The van der Waals surface area contributed by atoms with Crippen LogP contribution in [0.4, 0.5) is 10.1 Å². The molecule has 0 radical (unpaired) electrons. The van der Waals surface area contributed by atoms with E-state index in [9.17, 15) is 9.18 Å². The van der Waals surface area contributed by atoms with Gasteiger partial charge in [-0.1, -0.05) is 12.2 Å². The van der Waals surface area contributed by atoms with Crippen LogP contribution in [-0.4, -0.2) is 23.0 Å². The summed E-state index contributed by atoms with van der Waals surface area (Å²) in [4.78, 5) is 25.3. The van der Waals surface area contributed by atoms with Gasteiger partial charge >= 0.3 is 0 Å². The Balaban J connectivity index is 1.86. The highest BCUT2D eigenvalue weighted by Gasteiger charge is 2.23. The topological polar surface area (TPSA) is 70.2 Å². The molecule has 0 bridgehead atoms. The molecule has 2 N–H and O–H groups in total. The molecule has 1 aliphatic rings. The molecular weight excluding hydrogens is 443 g/mol. The Bertz CT molecular complexity index is 1450. The number of amides is 1. The Kier molecular flexibility index (Phi) is 6.24. The van der Waals surface area contributed by atoms with E-state index in [1.807, 2.05) is 61.7 Å². The maximum Gasteiger partial charge on any atom is 0.238 e. The van der Waals surface area contributed by atoms with Crippen LogP contribution in [0.5, 0.6) is 0 Å². The number of aromatic nitrogens is 2. The zero-order chi connectivity index (χ0) is 24.2. The van der Waals surface area contributed by atoms with Gasteiger partial charge in [-0.15, -0.1) is 0 Å². The third-order valence-electron chi connectivity index (χ3n) is 5.75. The zero-order valence-corrected chi connectivity index (χ0v) is 19.0. The molecule has 0 saturated carbocycles. The zero-order valence-electron chi connectivity index (χ0n) is 19.0. The highest BCUT2D eigenvalue weighted by Crippen LogP contribution is 2.43. The number of rotatable bonds is 7. The number of H-pyrrole nitrogens is 1. The van der Waals surface area contributed by atoms with E-state index in [2.05, 4.69) is 15.3 Å². The van der Waals surface area contributed by atoms with Gasteiger partial charge in [-0.3, -0.25) is 14.6 Å². The molecule has 6 nitrogen and oxygen atoms in total. The third-order valence-corrected chi connectivity index (χ3v) is 5.75.